The molecular formula is C25H28N10O. The molecule has 36 heavy (non-hydrogen) atoms. The predicted molar refractivity (Wildman–Crippen MR) is 134 cm³/mol. The third-order valence-electron chi connectivity index (χ3n) is 6.18. The van der Waals surface area contributed by atoms with Crippen molar-refractivity contribution in [1.29, 1.82) is 0 Å². The Bertz CT molecular complexity index is 1500. The SMILES string of the molecule is CCCCn1cnnc1-n1cc(CCC)n(Cc2cnccc2-c2ccccc2-c2nnn[nH]2)c1=O. The van der Waals surface area contributed by atoms with Crippen LogP contribution in [0.4, 0.5) is 0 Å². The van der Waals surface area contributed by atoms with Crippen molar-refractivity contribution < 1.29 is 0 Å². The second kappa shape index (κ2) is 10.5. The van der Waals surface area contributed by atoms with Crippen LogP contribution in [0.1, 0.15) is 44.4 Å². The van der Waals surface area contributed by atoms with Crippen LogP contribution in [0, 0.1) is 0 Å². The standard InChI is InChI=1S/C25H28N10O/c1-3-5-13-33-17-27-30-24(33)35-16-19(8-4-2)34(25(35)36)15-18-14-26-12-11-20(18)21-9-6-7-10-22(21)23-28-31-32-29-23/h6-7,9-12,14,16-17H,3-5,8,13,15H2,1-2H3,(H,28,29,31,32). The Balaban J connectivity index is 1.58. The minimum Gasteiger partial charge on any atom is -0.299 e. The number of tetrazole rings is 1. The van der Waals surface area contributed by atoms with E-state index in [2.05, 4.69) is 49.7 Å². The summed E-state index contributed by atoms with van der Waals surface area (Å²) in [4.78, 5) is 18.1. The Hall–Kier alpha value is -4.41. The molecule has 4 heterocycles. The maximum atomic E-state index is 13.7. The van der Waals surface area contributed by atoms with Crippen molar-refractivity contribution in [3.05, 3.63) is 77.0 Å². The van der Waals surface area contributed by atoms with Crippen LogP contribution in [0.3, 0.4) is 0 Å². The maximum Gasteiger partial charge on any atom is 0.335 e. The number of aromatic amines is 1. The summed E-state index contributed by atoms with van der Waals surface area (Å²) >= 11 is 0. The van der Waals surface area contributed by atoms with E-state index in [1.807, 2.05) is 51.9 Å². The number of hydrogen-bond acceptors (Lipinski definition) is 7. The summed E-state index contributed by atoms with van der Waals surface area (Å²) in [5.74, 6) is 1.12. The van der Waals surface area contributed by atoms with E-state index in [9.17, 15) is 4.79 Å². The van der Waals surface area contributed by atoms with Gasteiger partial charge in [0.15, 0.2) is 5.82 Å². The number of aromatic nitrogens is 10. The summed E-state index contributed by atoms with van der Waals surface area (Å²) in [5.41, 5.74) is 4.50. The van der Waals surface area contributed by atoms with Crippen LogP contribution >= 0.6 is 0 Å². The van der Waals surface area contributed by atoms with E-state index < -0.39 is 0 Å². The third kappa shape index (κ3) is 4.47. The van der Waals surface area contributed by atoms with Crippen LogP contribution in [-0.2, 0) is 19.5 Å². The van der Waals surface area contributed by atoms with Crippen molar-refractivity contribution in [3.8, 4) is 28.5 Å². The van der Waals surface area contributed by atoms with Gasteiger partial charge in [-0.2, -0.15) is 0 Å². The number of pyridine rings is 1. The van der Waals surface area contributed by atoms with Crippen LogP contribution in [-0.4, -0.2) is 49.5 Å². The van der Waals surface area contributed by atoms with Gasteiger partial charge in [-0.1, -0.05) is 51.0 Å². The fraction of sp³-hybridized carbons (Fsp3) is 0.320. The predicted octanol–water partition coefficient (Wildman–Crippen LogP) is 3.27. The minimum atomic E-state index is -0.147. The lowest BCUT2D eigenvalue weighted by Gasteiger charge is -2.13. The number of nitrogens with zero attached hydrogens (tertiary/aromatic N) is 9. The van der Waals surface area contributed by atoms with Gasteiger partial charge in [-0.15, -0.1) is 15.3 Å². The van der Waals surface area contributed by atoms with Crippen molar-refractivity contribution in [2.75, 3.05) is 0 Å². The number of nitrogens with one attached hydrogen (secondary N) is 1. The molecule has 0 saturated carbocycles. The molecule has 5 rings (SSSR count). The van der Waals surface area contributed by atoms with E-state index in [1.54, 1.807) is 17.1 Å². The number of unbranched alkanes of at least 4 members (excludes halogenated alkanes) is 1. The highest BCUT2D eigenvalue weighted by Crippen LogP contribution is 2.32. The smallest absolute Gasteiger partial charge is 0.299 e. The fourth-order valence-corrected chi connectivity index (χ4v) is 4.40. The Morgan fingerprint density at radius 1 is 1.00 bits per heavy atom. The quantitative estimate of drug-likeness (QED) is 0.322. The first kappa shape index (κ1) is 23.3. The zero-order valence-electron chi connectivity index (χ0n) is 20.4. The van der Waals surface area contributed by atoms with Gasteiger partial charge in [0.1, 0.15) is 6.33 Å². The van der Waals surface area contributed by atoms with Gasteiger partial charge in [0, 0.05) is 36.4 Å². The van der Waals surface area contributed by atoms with Gasteiger partial charge in [-0.25, -0.2) is 14.5 Å². The molecule has 0 bridgehead atoms. The molecule has 0 fully saturated rings. The molecule has 5 aromatic rings. The molecule has 0 atom stereocenters. The van der Waals surface area contributed by atoms with Gasteiger partial charge >= 0.3 is 5.69 Å². The molecule has 0 aliphatic carbocycles. The molecule has 1 N–H and O–H groups in total. The van der Waals surface area contributed by atoms with Crippen LogP contribution in [0.2, 0.25) is 0 Å². The number of imidazole rings is 1. The molecular weight excluding hydrogens is 456 g/mol. The lowest BCUT2D eigenvalue weighted by atomic mass is 9.96. The lowest BCUT2D eigenvalue weighted by molar-refractivity contribution is 0.607. The number of benzene rings is 1. The Morgan fingerprint density at radius 2 is 1.86 bits per heavy atom. The van der Waals surface area contributed by atoms with E-state index >= 15 is 0 Å². The highest BCUT2D eigenvalue weighted by molar-refractivity contribution is 5.81. The van der Waals surface area contributed by atoms with Gasteiger partial charge in [0.25, 0.3) is 0 Å². The first-order valence-electron chi connectivity index (χ1n) is 12.2. The molecule has 184 valence electrons. The van der Waals surface area contributed by atoms with Crippen molar-refractivity contribution >= 4 is 0 Å². The largest absolute Gasteiger partial charge is 0.335 e. The van der Waals surface area contributed by atoms with Crippen LogP contribution in [0.5, 0.6) is 0 Å². The monoisotopic (exact) mass is 484 g/mol. The first-order chi connectivity index (χ1) is 17.7. The van der Waals surface area contributed by atoms with Gasteiger partial charge in [-0.05, 0) is 46.0 Å². The lowest BCUT2D eigenvalue weighted by Crippen LogP contribution is -2.26. The molecule has 11 nitrogen and oxygen atoms in total. The molecule has 0 aliphatic heterocycles. The van der Waals surface area contributed by atoms with E-state index in [-0.39, 0.29) is 5.69 Å². The summed E-state index contributed by atoms with van der Waals surface area (Å²) in [5, 5.41) is 22.7. The highest BCUT2D eigenvalue weighted by Gasteiger charge is 2.19. The number of rotatable bonds is 10. The molecule has 11 heteroatoms. The van der Waals surface area contributed by atoms with Crippen molar-refractivity contribution in [2.45, 2.75) is 52.6 Å². The van der Waals surface area contributed by atoms with Crippen molar-refractivity contribution in [2.24, 2.45) is 0 Å². The van der Waals surface area contributed by atoms with Gasteiger partial charge < -0.3 is 0 Å². The van der Waals surface area contributed by atoms with Gasteiger partial charge in [0.2, 0.25) is 5.95 Å². The average molecular weight is 485 g/mol. The second-order valence-electron chi connectivity index (χ2n) is 8.62. The second-order valence-corrected chi connectivity index (χ2v) is 8.62. The minimum absolute atomic E-state index is 0.147. The van der Waals surface area contributed by atoms with E-state index in [1.165, 1.54) is 0 Å². The van der Waals surface area contributed by atoms with E-state index in [4.69, 9.17) is 0 Å². The Kier molecular flexibility index (Phi) is 6.78. The molecule has 0 amide bonds. The summed E-state index contributed by atoms with van der Waals surface area (Å²) < 4.78 is 5.35. The van der Waals surface area contributed by atoms with Gasteiger partial charge in [0.05, 0.1) is 6.54 Å². The molecule has 0 saturated heterocycles. The molecule has 0 radical (unpaired) electrons. The maximum absolute atomic E-state index is 13.7. The summed E-state index contributed by atoms with van der Waals surface area (Å²) in [7, 11) is 0. The van der Waals surface area contributed by atoms with Crippen molar-refractivity contribution in [3.63, 3.8) is 0 Å². The Morgan fingerprint density at radius 3 is 2.64 bits per heavy atom. The molecule has 1 aromatic carbocycles. The fourth-order valence-electron chi connectivity index (χ4n) is 4.40. The summed E-state index contributed by atoms with van der Waals surface area (Å²) in [6.07, 6.45) is 10.9. The number of aryl methyl sites for hydroxylation is 2. The van der Waals surface area contributed by atoms with Crippen LogP contribution < -0.4 is 5.69 Å². The Labute approximate surface area is 207 Å². The normalized spacial score (nSPS) is 11.3. The molecule has 0 unspecified atom stereocenters. The molecule has 0 spiro atoms. The first-order valence-corrected chi connectivity index (χ1v) is 12.2. The zero-order valence-corrected chi connectivity index (χ0v) is 20.4. The average Bonchev–Trinajstić information content (AvgIpc) is 3.66. The number of hydrogen-bond donors (Lipinski definition) is 1. The van der Waals surface area contributed by atoms with E-state index in [0.29, 0.717) is 18.3 Å². The van der Waals surface area contributed by atoms with E-state index in [0.717, 1.165) is 60.2 Å². The summed E-state index contributed by atoms with van der Waals surface area (Å²) in [6.45, 7) is 5.37. The zero-order chi connectivity index (χ0) is 24.9. The molecule has 0 aliphatic rings. The summed E-state index contributed by atoms with van der Waals surface area (Å²) in [6, 6.07) is 9.87. The highest BCUT2D eigenvalue weighted by atomic mass is 16.2. The van der Waals surface area contributed by atoms with Crippen molar-refractivity contribution in [1.82, 2.24) is 49.5 Å². The van der Waals surface area contributed by atoms with Crippen LogP contribution in [0.25, 0.3) is 28.5 Å². The topological polar surface area (TPSA) is 125 Å². The molecule has 4 aromatic heterocycles. The number of H-pyrrole nitrogens is 1. The van der Waals surface area contributed by atoms with Crippen LogP contribution in [0.15, 0.2) is 60.0 Å². The van der Waals surface area contributed by atoms with Gasteiger partial charge in [-0.3, -0.25) is 14.1 Å². The third-order valence-corrected chi connectivity index (χ3v) is 6.18.